The topological polar surface area (TPSA) is 129 Å². The Labute approximate surface area is 456 Å². The number of ether oxygens (including phenoxy) is 4. The van der Waals surface area contributed by atoms with Gasteiger partial charge in [-0.15, -0.1) is 0 Å². The number of hydrogen-bond acceptors (Lipinski definition) is 10. The van der Waals surface area contributed by atoms with Crippen molar-refractivity contribution in [3.8, 4) is 58.0 Å². The molecule has 3 atom stereocenters. The van der Waals surface area contributed by atoms with E-state index in [0.29, 0.717) is 58.4 Å². The van der Waals surface area contributed by atoms with E-state index in [1.54, 1.807) is 36.4 Å². The van der Waals surface area contributed by atoms with E-state index in [1.165, 1.54) is 62.3 Å². The number of rotatable bonds is 26. The molecule has 0 amide bonds. The van der Waals surface area contributed by atoms with Gasteiger partial charge < -0.3 is 29.2 Å². The van der Waals surface area contributed by atoms with E-state index in [-0.39, 0.29) is 27.7 Å². The molecule has 8 rings (SSSR count). The number of phenolic OH excluding ortho intramolecular Hbond substituents is 2. The molecule has 0 saturated heterocycles. The average molecular weight is 1030 g/mol. The number of nitrogens with zero attached hydrogens (tertiary/aromatic N) is 4. The molecule has 0 aliphatic heterocycles. The Morgan fingerprint density at radius 2 is 0.623 bits per heavy atom. The summed E-state index contributed by atoms with van der Waals surface area (Å²) >= 11 is 0. The van der Waals surface area contributed by atoms with Gasteiger partial charge in [-0.05, 0) is 137 Å². The van der Waals surface area contributed by atoms with Crippen molar-refractivity contribution in [1.82, 2.24) is 19.9 Å². The van der Waals surface area contributed by atoms with Gasteiger partial charge in [0.2, 0.25) is 23.5 Å². The number of phenols is 2. The second-order valence-corrected chi connectivity index (χ2v) is 22.1. The van der Waals surface area contributed by atoms with Crippen LogP contribution in [-0.4, -0.2) is 30.1 Å². The summed E-state index contributed by atoms with van der Waals surface area (Å²) in [4.78, 5) is 17.6. The number of benzene rings is 6. The minimum atomic E-state index is -0.312. The predicted octanol–water partition coefficient (Wildman–Crippen LogP) is 18.0. The van der Waals surface area contributed by atoms with Crippen LogP contribution in [0.25, 0.3) is 0 Å². The van der Waals surface area contributed by atoms with Crippen LogP contribution >= 0.6 is 0 Å². The van der Waals surface area contributed by atoms with Crippen molar-refractivity contribution in [2.24, 2.45) is 11.8 Å². The van der Waals surface area contributed by atoms with Gasteiger partial charge in [0.1, 0.15) is 47.2 Å². The van der Waals surface area contributed by atoms with Gasteiger partial charge in [-0.3, -0.25) is 0 Å². The van der Waals surface area contributed by atoms with E-state index in [2.05, 4.69) is 124 Å². The molecule has 0 bridgehead atoms. The Hall–Kier alpha value is -7.72. The van der Waals surface area contributed by atoms with Crippen LogP contribution in [0, 0.1) is 11.8 Å². The van der Waals surface area contributed by atoms with Gasteiger partial charge in [0.25, 0.3) is 0 Å². The molecule has 400 valence electrons. The highest BCUT2D eigenvalue weighted by molar-refractivity contribution is 5.47. The zero-order chi connectivity index (χ0) is 54.4. The molecular formula is C67H76N4O6. The molecule has 0 saturated carbocycles. The summed E-state index contributed by atoms with van der Waals surface area (Å²) in [6.45, 7) is 18.0. The van der Waals surface area contributed by atoms with E-state index in [4.69, 9.17) is 18.9 Å². The highest BCUT2D eigenvalue weighted by Gasteiger charge is 2.32. The summed E-state index contributed by atoms with van der Waals surface area (Å²) in [5.74, 6) is 5.50. The quantitative estimate of drug-likeness (QED) is 0.0506. The molecule has 0 spiro atoms. The minimum Gasteiger partial charge on any atom is -0.508 e. The van der Waals surface area contributed by atoms with Crippen molar-refractivity contribution in [2.45, 2.75) is 136 Å². The van der Waals surface area contributed by atoms with Crippen molar-refractivity contribution in [3.63, 3.8) is 0 Å². The van der Waals surface area contributed by atoms with Gasteiger partial charge in [-0.2, -0.15) is 0 Å². The van der Waals surface area contributed by atoms with Gasteiger partial charge in [0.15, 0.2) is 0 Å². The summed E-state index contributed by atoms with van der Waals surface area (Å²) in [7, 11) is 0. The van der Waals surface area contributed by atoms with Crippen LogP contribution in [-0.2, 0) is 16.2 Å². The summed E-state index contributed by atoms with van der Waals surface area (Å²) in [5, 5.41) is 20.0. The molecule has 10 heteroatoms. The van der Waals surface area contributed by atoms with Crippen molar-refractivity contribution >= 4 is 0 Å². The smallest absolute Gasteiger partial charge is 0.226 e. The number of aromatic nitrogens is 4. The Bertz CT molecular complexity index is 3090. The van der Waals surface area contributed by atoms with Gasteiger partial charge in [-0.1, -0.05) is 173 Å². The fraction of sp³-hybridized carbons (Fsp3) is 0.343. The van der Waals surface area contributed by atoms with Crippen molar-refractivity contribution in [1.29, 1.82) is 0 Å². The van der Waals surface area contributed by atoms with Crippen molar-refractivity contribution < 1.29 is 29.2 Å². The van der Waals surface area contributed by atoms with Gasteiger partial charge in [0.05, 0.1) is 12.1 Å². The molecule has 0 aliphatic carbocycles. The van der Waals surface area contributed by atoms with E-state index >= 15 is 0 Å². The monoisotopic (exact) mass is 1030 g/mol. The molecule has 0 radical (unpaired) electrons. The Balaban J connectivity index is 0.891. The zero-order valence-electron chi connectivity index (χ0n) is 46.2. The first-order chi connectivity index (χ1) is 37.1. The lowest BCUT2D eigenvalue weighted by molar-refractivity contribution is 0.421. The maximum atomic E-state index is 10.1. The van der Waals surface area contributed by atoms with Crippen LogP contribution in [0.1, 0.15) is 153 Å². The van der Waals surface area contributed by atoms with Gasteiger partial charge in [0, 0.05) is 16.2 Å². The van der Waals surface area contributed by atoms with E-state index in [9.17, 15) is 10.2 Å². The Kier molecular flexibility index (Phi) is 18.3. The lowest BCUT2D eigenvalue weighted by Gasteiger charge is -2.33. The molecule has 0 aliphatic rings. The lowest BCUT2D eigenvalue weighted by Crippen LogP contribution is -2.25. The first-order valence-corrected chi connectivity index (χ1v) is 27.5. The van der Waals surface area contributed by atoms with E-state index in [0.717, 1.165) is 47.9 Å². The second-order valence-electron chi connectivity index (χ2n) is 22.1. The SMILES string of the molecule is CCCCCCCCCC(C)(c1ccc(O)cc1)c1ccc(Oc2cc(Oc3ccc(C(C)(CC(C)C)c4ccc(Oc5cc(Oc6ccc(C(C)(CC(C)C)c7ccc(O)cc7)cc6)ncn5)cc4)cc3)ncn2)cc1. The molecule has 6 aromatic carbocycles. The summed E-state index contributed by atoms with van der Waals surface area (Å²) in [6.07, 6.45) is 14.5. The minimum absolute atomic E-state index is 0.222. The molecule has 2 aromatic heterocycles. The van der Waals surface area contributed by atoms with Gasteiger partial charge >= 0.3 is 0 Å². The average Bonchev–Trinajstić information content (AvgIpc) is 3.42. The summed E-state index contributed by atoms with van der Waals surface area (Å²) < 4.78 is 25.0. The summed E-state index contributed by atoms with van der Waals surface area (Å²) in [5.41, 5.74) is 6.21. The molecule has 77 heavy (non-hydrogen) atoms. The fourth-order valence-corrected chi connectivity index (χ4v) is 10.9. The van der Waals surface area contributed by atoms with Gasteiger partial charge in [-0.25, -0.2) is 19.9 Å². The van der Waals surface area contributed by atoms with Crippen molar-refractivity contribution in [3.05, 3.63) is 204 Å². The molecule has 2 heterocycles. The van der Waals surface area contributed by atoms with E-state index < -0.39 is 0 Å². The zero-order valence-corrected chi connectivity index (χ0v) is 46.2. The maximum absolute atomic E-state index is 10.1. The third kappa shape index (κ3) is 14.4. The first kappa shape index (κ1) is 55.5. The Morgan fingerprint density at radius 3 is 0.909 bits per heavy atom. The van der Waals surface area contributed by atoms with Crippen LogP contribution in [0.3, 0.4) is 0 Å². The third-order valence-corrected chi connectivity index (χ3v) is 15.0. The largest absolute Gasteiger partial charge is 0.508 e. The lowest BCUT2D eigenvalue weighted by atomic mass is 9.71. The highest BCUT2D eigenvalue weighted by atomic mass is 16.5. The summed E-state index contributed by atoms with van der Waals surface area (Å²) in [6, 6.07) is 51.3. The van der Waals surface area contributed by atoms with Crippen LogP contribution in [0.5, 0.6) is 58.0 Å². The van der Waals surface area contributed by atoms with Crippen LogP contribution in [0.4, 0.5) is 0 Å². The second kappa shape index (κ2) is 25.4. The van der Waals surface area contributed by atoms with Crippen LogP contribution < -0.4 is 18.9 Å². The number of aromatic hydroxyl groups is 2. The molecule has 0 fully saturated rings. The third-order valence-electron chi connectivity index (χ3n) is 15.0. The predicted molar refractivity (Wildman–Crippen MR) is 307 cm³/mol. The van der Waals surface area contributed by atoms with Crippen molar-refractivity contribution in [2.75, 3.05) is 0 Å². The first-order valence-electron chi connectivity index (χ1n) is 27.5. The molecule has 2 N–H and O–H groups in total. The highest BCUT2D eigenvalue weighted by Crippen LogP contribution is 2.43. The number of unbranched alkanes of at least 4 members (excludes halogenated alkanes) is 6. The molecule has 10 nitrogen and oxygen atoms in total. The molecular weight excluding hydrogens is 957 g/mol. The fourth-order valence-electron chi connectivity index (χ4n) is 10.9. The van der Waals surface area contributed by atoms with Crippen LogP contribution in [0.2, 0.25) is 0 Å². The molecule has 8 aromatic rings. The molecule has 3 unspecified atom stereocenters. The number of hydrogen-bond donors (Lipinski definition) is 2. The van der Waals surface area contributed by atoms with E-state index in [1.807, 2.05) is 72.8 Å². The standard InChI is InChI=1S/C67H76N4O6/c1-9-10-11-12-13-14-15-40-65(6,49-16-28-55(72)29-17-49)50-20-32-57(33-21-50)74-61-41-62(69-45-68-61)76-59-36-24-53(25-37-59)67(8,44-48(4)5)54-26-38-60(39-27-54)77-64-42-63(70-46-71-64)75-58-34-22-52(23-35-58)66(7,43-47(2)3)51-18-30-56(73)31-19-51/h16-39,41-42,45-48,72-73H,9-15,40,43-44H2,1-8H3. The van der Waals surface area contributed by atoms with Crippen LogP contribution in [0.15, 0.2) is 170 Å². The Morgan fingerprint density at radius 1 is 0.364 bits per heavy atom. The normalized spacial score (nSPS) is 13.8. The maximum Gasteiger partial charge on any atom is 0.226 e.